The van der Waals surface area contributed by atoms with E-state index in [4.69, 9.17) is 30.9 Å². The predicted molar refractivity (Wildman–Crippen MR) is 83.3 cm³/mol. The van der Waals surface area contributed by atoms with Gasteiger partial charge >= 0.3 is 5.97 Å². The van der Waals surface area contributed by atoms with Crippen LogP contribution in [0.5, 0.6) is 17.2 Å². The minimum Gasteiger partial charge on any atom is -0.493 e. The summed E-state index contributed by atoms with van der Waals surface area (Å²) >= 11 is 5.38. The molecule has 0 fully saturated rings. The third-order valence-electron chi connectivity index (χ3n) is 2.65. The van der Waals surface area contributed by atoms with Gasteiger partial charge in [-0.05, 0) is 18.6 Å². The summed E-state index contributed by atoms with van der Waals surface area (Å²) in [5.41, 5.74) is 0.0875. The summed E-state index contributed by atoms with van der Waals surface area (Å²) in [4.78, 5) is 10.8. The van der Waals surface area contributed by atoms with Gasteiger partial charge in [-0.1, -0.05) is 19.8 Å². The quantitative estimate of drug-likeness (QED) is 0.611. The van der Waals surface area contributed by atoms with E-state index < -0.39 is 5.97 Å². The van der Waals surface area contributed by atoms with Gasteiger partial charge in [-0.2, -0.15) is 0 Å². The SMILES string of the molecule is CCCCCCl.COc1cc(C(=O)O)cc(OC)c1OC. The van der Waals surface area contributed by atoms with Crippen LogP contribution in [0.15, 0.2) is 12.1 Å². The zero-order valence-corrected chi connectivity index (χ0v) is 13.7. The summed E-state index contributed by atoms with van der Waals surface area (Å²) in [6.45, 7) is 2.17. The highest BCUT2D eigenvalue weighted by Crippen LogP contribution is 2.38. The Morgan fingerprint density at radius 2 is 1.62 bits per heavy atom. The maximum absolute atomic E-state index is 10.8. The van der Waals surface area contributed by atoms with Crippen LogP contribution >= 0.6 is 11.6 Å². The molecule has 0 unspecified atom stereocenters. The largest absolute Gasteiger partial charge is 0.493 e. The molecule has 1 rings (SSSR count). The summed E-state index contributed by atoms with van der Waals surface area (Å²) in [6, 6.07) is 2.76. The normalized spacial score (nSPS) is 9.38. The lowest BCUT2D eigenvalue weighted by Gasteiger charge is -2.12. The van der Waals surface area contributed by atoms with Gasteiger partial charge < -0.3 is 19.3 Å². The lowest BCUT2D eigenvalue weighted by Crippen LogP contribution is -2.01. The molecule has 0 spiro atoms. The number of hydrogen-bond acceptors (Lipinski definition) is 4. The first-order valence-electron chi connectivity index (χ1n) is 6.64. The maximum atomic E-state index is 10.8. The second kappa shape index (κ2) is 11.1. The second-order valence-corrected chi connectivity index (χ2v) is 4.49. The fourth-order valence-corrected chi connectivity index (χ4v) is 1.74. The van der Waals surface area contributed by atoms with Crippen LogP contribution in [0.2, 0.25) is 0 Å². The average Bonchev–Trinajstić information content (AvgIpc) is 2.51. The minimum absolute atomic E-state index is 0.0875. The van der Waals surface area contributed by atoms with E-state index in [-0.39, 0.29) is 5.56 Å². The van der Waals surface area contributed by atoms with Crippen molar-refractivity contribution in [2.24, 2.45) is 0 Å². The van der Waals surface area contributed by atoms with Gasteiger partial charge in [0, 0.05) is 5.88 Å². The molecular weight excluding hydrogens is 296 g/mol. The molecule has 0 aliphatic carbocycles. The fourth-order valence-electron chi connectivity index (χ4n) is 1.55. The molecule has 0 aromatic heterocycles. The van der Waals surface area contributed by atoms with Crippen molar-refractivity contribution in [1.82, 2.24) is 0 Å². The van der Waals surface area contributed by atoms with Crippen LogP contribution in [-0.4, -0.2) is 38.3 Å². The molecular formula is C15H23ClO5. The molecule has 0 amide bonds. The number of carboxylic acid groups (broad SMARTS) is 1. The van der Waals surface area contributed by atoms with Crippen LogP contribution in [0.1, 0.15) is 36.5 Å². The van der Waals surface area contributed by atoms with E-state index >= 15 is 0 Å². The number of carbonyl (C=O) groups is 1. The molecule has 0 radical (unpaired) electrons. The number of benzene rings is 1. The number of aromatic carboxylic acids is 1. The third kappa shape index (κ3) is 6.58. The highest BCUT2D eigenvalue weighted by Gasteiger charge is 2.15. The number of halogens is 1. The van der Waals surface area contributed by atoms with Crippen molar-refractivity contribution in [2.45, 2.75) is 26.2 Å². The highest BCUT2D eigenvalue weighted by atomic mass is 35.5. The highest BCUT2D eigenvalue weighted by molar-refractivity contribution is 6.17. The van der Waals surface area contributed by atoms with E-state index in [1.165, 1.54) is 52.7 Å². The number of unbranched alkanes of at least 4 members (excludes halogenated alkanes) is 2. The summed E-state index contributed by atoms with van der Waals surface area (Å²) in [7, 11) is 4.33. The van der Waals surface area contributed by atoms with Crippen molar-refractivity contribution in [1.29, 1.82) is 0 Å². The number of carboxylic acids is 1. The Balaban J connectivity index is 0.000000567. The smallest absolute Gasteiger partial charge is 0.335 e. The van der Waals surface area contributed by atoms with Gasteiger partial charge in [0.2, 0.25) is 5.75 Å². The average molecular weight is 319 g/mol. The standard InChI is InChI=1S/C10H12O5.C5H11Cl/c1-13-7-4-6(10(11)12)5-8(14-2)9(7)15-3;1-2-3-4-5-6/h4-5H,1-3H3,(H,11,12);2-5H2,1H3. The molecule has 6 heteroatoms. The second-order valence-electron chi connectivity index (χ2n) is 4.12. The first kappa shape index (κ1) is 19.4. The van der Waals surface area contributed by atoms with Crippen LogP contribution in [0.25, 0.3) is 0 Å². The summed E-state index contributed by atoms with van der Waals surface area (Å²) in [5, 5.41) is 8.84. The van der Waals surface area contributed by atoms with E-state index in [1.54, 1.807) is 0 Å². The summed E-state index contributed by atoms with van der Waals surface area (Å²) < 4.78 is 15.1. The number of rotatable bonds is 7. The Morgan fingerprint density at radius 1 is 1.10 bits per heavy atom. The molecule has 0 saturated heterocycles. The molecule has 0 aliphatic heterocycles. The van der Waals surface area contributed by atoms with Crippen LogP contribution < -0.4 is 14.2 Å². The Labute approximate surface area is 130 Å². The number of hydrogen-bond donors (Lipinski definition) is 1. The van der Waals surface area contributed by atoms with Crippen molar-refractivity contribution in [2.75, 3.05) is 27.2 Å². The van der Waals surface area contributed by atoms with Crippen LogP contribution in [0.4, 0.5) is 0 Å². The topological polar surface area (TPSA) is 65.0 Å². The number of methoxy groups -OCH3 is 3. The third-order valence-corrected chi connectivity index (χ3v) is 2.92. The molecule has 1 aromatic carbocycles. The monoisotopic (exact) mass is 318 g/mol. The van der Waals surface area contributed by atoms with Gasteiger partial charge in [0.1, 0.15) is 0 Å². The van der Waals surface area contributed by atoms with E-state index in [1.807, 2.05) is 0 Å². The van der Waals surface area contributed by atoms with Crippen LogP contribution in [0.3, 0.4) is 0 Å². The molecule has 5 nitrogen and oxygen atoms in total. The molecule has 0 bridgehead atoms. The molecule has 0 heterocycles. The first-order chi connectivity index (χ1) is 10.0. The van der Waals surface area contributed by atoms with Gasteiger partial charge in [0.15, 0.2) is 11.5 Å². The molecule has 0 atom stereocenters. The van der Waals surface area contributed by atoms with Crippen LogP contribution in [-0.2, 0) is 0 Å². The van der Waals surface area contributed by atoms with Crippen molar-refractivity contribution in [3.8, 4) is 17.2 Å². The number of ether oxygens (including phenoxy) is 3. The van der Waals surface area contributed by atoms with Crippen molar-refractivity contribution in [3.05, 3.63) is 17.7 Å². The van der Waals surface area contributed by atoms with Gasteiger partial charge in [-0.25, -0.2) is 4.79 Å². The minimum atomic E-state index is -1.05. The molecule has 1 N–H and O–H groups in total. The van der Waals surface area contributed by atoms with E-state index in [0.29, 0.717) is 17.2 Å². The Hall–Kier alpha value is -1.62. The zero-order chi connectivity index (χ0) is 16.3. The van der Waals surface area contributed by atoms with Gasteiger partial charge in [0.25, 0.3) is 0 Å². The first-order valence-corrected chi connectivity index (χ1v) is 7.18. The Morgan fingerprint density at radius 3 is 1.86 bits per heavy atom. The van der Waals surface area contributed by atoms with Gasteiger partial charge in [-0.15, -0.1) is 11.6 Å². The van der Waals surface area contributed by atoms with Crippen molar-refractivity contribution in [3.63, 3.8) is 0 Å². The Kier molecular flexibility index (Phi) is 10.2. The zero-order valence-electron chi connectivity index (χ0n) is 12.9. The van der Waals surface area contributed by atoms with E-state index in [0.717, 1.165) is 5.88 Å². The van der Waals surface area contributed by atoms with E-state index in [9.17, 15) is 4.79 Å². The summed E-state index contributed by atoms with van der Waals surface area (Å²) in [6.07, 6.45) is 3.73. The molecule has 21 heavy (non-hydrogen) atoms. The molecule has 0 aliphatic rings. The Bertz CT molecular complexity index is 405. The van der Waals surface area contributed by atoms with Crippen LogP contribution in [0, 0.1) is 0 Å². The van der Waals surface area contributed by atoms with Crippen molar-refractivity contribution < 1.29 is 24.1 Å². The maximum Gasteiger partial charge on any atom is 0.335 e. The van der Waals surface area contributed by atoms with Gasteiger partial charge in [-0.3, -0.25) is 0 Å². The molecule has 1 aromatic rings. The van der Waals surface area contributed by atoms with Crippen molar-refractivity contribution >= 4 is 17.6 Å². The number of alkyl halides is 1. The van der Waals surface area contributed by atoms with Gasteiger partial charge in [0.05, 0.1) is 26.9 Å². The van der Waals surface area contributed by atoms with E-state index in [2.05, 4.69) is 6.92 Å². The molecule has 120 valence electrons. The summed E-state index contributed by atoms with van der Waals surface area (Å²) in [5.74, 6) is 0.816. The lowest BCUT2D eigenvalue weighted by atomic mass is 10.2. The predicted octanol–water partition coefficient (Wildman–Crippen LogP) is 3.83. The molecule has 0 saturated carbocycles. The lowest BCUT2D eigenvalue weighted by molar-refractivity contribution is 0.0696. The fraction of sp³-hybridized carbons (Fsp3) is 0.533.